The zero-order valence-electron chi connectivity index (χ0n) is 12.4. The largest absolute Gasteiger partial charge is 0.396 e. The fourth-order valence-electron chi connectivity index (χ4n) is 2.62. The molecule has 2 rings (SSSR count). The van der Waals surface area contributed by atoms with Gasteiger partial charge in [-0.15, -0.1) is 23.1 Å². The number of thioether (sulfide) groups is 1. The molecule has 1 atom stereocenters. The lowest BCUT2D eigenvalue weighted by molar-refractivity contribution is 0.135. The summed E-state index contributed by atoms with van der Waals surface area (Å²) in [6.07, 6.45) is 4.46. The molecule has 0 aliphatic heterocycles. The predicted molar refractivity (Wildman–Crippen MR) is 92.2 cm³/mol. The Morgan fingerprint density at radius 1 is 1.48 bits per heavy atom. The van der Waals surface area contributed by atoms with Crippen LogP contribution in [0.3, 0.4) is 0 Å². The first-order chi connectivity index (χ1) is 10.1. The van der Waals surface area contributed by atoms with E-state index in [4.69, 9.17) is 27.2 Å². The van der Waals surface area contributed by atoms with Crippen LogP contribution in [0.2, 0.25) is 0 Å². The number of aliphatic hydroxyl groups excluding tert-OH is 1. The van der Waals surface area contributed by atoms with E-state index in [-0.39, 0.29) is 12.6 Å². The summed E-state index contributed by atoms with van der Waals surface area (Å²) in [5.41, 5.74) is 9.71. The molecule has 21 heavy (non-hydrogen) atoms. The summed E-state index contributed by atoms with van der Waals surface area (Å²) in [4.78, 5) is 1.28. The average molecular weight is 348 g/mol. The summed E-state index contributed by atoms with van der Waals surface area (Å²) in [6.45, 7) is 3.48. The van der Waals surface area contributed by atoms with Crippen molar-refractivity contribution in [3.8, 4) is 0 Å². The van der Waals surface area contributed by atoms with Crippen LogP contribution in [0.15, 0.2) is 9.78 Å². The summed E-state index contributed by atoms with van der Waals surface area (Å²) >= 11 is 10.1. The fraction of sp³-hybridized carbons (Fsp3) is 0.600. The topological polar surface area (TPSA) is 55.5 Å². The molecule has 3 N–H and O–H groups in total. The summed E-state index contributed by atoms with van der Waals surface area (Å²) in [5.74, 6) is 0. The highest BCUT2D eigenvalue weighted by Gasteiger charge is 2.28. The molecule has 0 radical (unpaired) electrons. The van der Waals surface area contributed by atoms with Gasteiger partial charge in [-0.1, -0.05) is 11.6 Å². The monoisotopic (exact) mass is 347 g/mol. The van der Waals surface area contributed by atoms with Crippen LogP contribution >= 0.6 is 34.7 Å². The minimum absolute atomic E-state index is 0.0936. The Labute approximate surface area is 139 Å². The Hall–Kier alpha value is -0.0400. The molecule has 1 aromatic rings. The van der Waals surface area contributed by atoms with E-state index >= 15 is 0 Å². The number of halogens is 1. The highest BCUT2D eigenvalue weighted by atomic mass is 35.5. The Balaban J connectivity index is 2.39. The molecule has 1 unspecified atom stereocenters. The molecule has 0 saturated carbocycles. The minimum atomic E-state index is -0.152. The van der Waals surface area contributed by atoms with Crippen LogP contribution in [-0.2, 0) is 17.8 Å². The Kier molecular flexibility index (Phi) is 6.59. The number of nitrogens with two attached hydrogens (primary N) is 1. The van der Waals surface area contributed by atoms with Crippen molar-refractivity contribution in [3.05, 3.63) is 21.6 Å². The van der Waals surface area contributed by atoms with Crippen molar-refractivity contribution in [2.75, 3.05) is 19.5 Å². The number of fused-ring (bicyclic) bond motifs is 1. The van der Waals surface area contributed by atoms with Gasteiger partial charge in [0.1, 0.15) is 0 Å². The van der Waals surface area contributed by atoms with E-state index in [1.165, 1.54) is 14.6 Å². The summed E-state index contributed by atoms with van der Waals surface area (Å²) in [6, 6.07) is -0.152. The molecule has 0 bridgehead atoms. The highest BCUT2D eigenvalue weighted by molar-refractivity contribution is 8.00. The predicted octanol–water partition coefficient (Wildman–Crippen LogP) is 3.61. The van der Waals surface area contributed by atoms with Gasteiger partial charge in [0.2, 0.25) is 0 Å². The van der Waals surface area contributed by atoms with Crippen LogP contribution in [0, 0.1) is 0 Å². The molecule has 118 valence electrons. The number of hydrogen-bond donors (Lipinski definition) is 2. The third kappa shape index (κ3) is 3.66. The van der Waals surface area contributed by atoms with Gasteiger partial charge in [-0.2, -0.15) is 0 Å². The third-order valence-electron chi connectivity index (χ3n) is 3.71. The fourth-order valence-corrected chi connectivity index (χ4v) is 5.26. The maximum absolute atomic E-state index is 9.09. The van der Waals surface area contributed by atoms with Crippen molar-refractivity contribution >= 4 is 39.7 Å². The molecule has 0 amide bonds. The Morgan fingerprint density at radius 2 is 2.24 bits per heavy atom. The molecular formula is C15H22ClNO2S2. The minimum Gasteiger partial charge on any atom is -0.396 e. The highest BCUT2D eigenvalue weighted by Crippen LogP contribution is 2.46. The SMILES string of the molecule is CCOCc1sc(SC)c2c1CCC(C(N)CCO)=C2Cl. The molecule has 1 aliphatic rings. The maximum Gasteiger partial charge on any atom is 0.0812 e. The van der Waals surface area contributed by atoms with Crippen LogP contribution in [-0.4, -0.2) is 30.6 Å². The lowest BCUT2D eigenvalue weighted by Gasteiger charge is -2.23. The van der Waals surface area contributed by atoms with Gasteiger partial charge in [-0.25, -0.2) is 0 Å². The smallest absolute Gasteiger partial charge is 0.0812 e. The Bertz CT molecular complexity index is 528. The summed E-state index contributed by atoms with van der Waals surface area (Å²) < 4.78 is 6.81. The van der Waals surface area contributed by atoms with Gasteiger partial charge >= 0.3 is 0 Å². The summed E-state index contributed by atoms with van der Waals surface area (Å²) in [7, 11) is 0. The first-order valence-corrected chi connectivity index (χ1v) is 9.57. The Morgan fingerprint density at radius 3 is 2.86 bits per heavy atom. The number of ether oxygens (including phenoxy) is 1. The molecule has 1 heterocycles. The van der Waals surface area contributed by atoms with Gasteiger partial charge in [0, 0.05) is 29.7 Å². The quantitative estimate of drug-likeness (QED) is 0.740. The number of hydrogen-bond acceptors (Lipinski definition) is 5. The molecule has 1 aliphatic carbocycles. The van der Waals surface area contributed by atoms with Crippen LogP contribution in [0.5, 0.6) is 0 Å². The molecule has 0 aromatic carbocycles. The lowest BCUT2D eigenvalue weighted by atomic mass is 9.89. The van der Waals surface area contributed by atoms with E-state index in [1.807, 2.05) is 6.92 Å². The van der Waals surface area contributed by atoms with Crippen molar-refractivity contribution < 1.29 is 9.84 Å². The molecule has 0 spiro atoms. The van der Waals surface area contributed by atoms with E-state index in [0.29, 0.717) is 13.0 Å². The zero-order valence-corrected chi connectivity index (χ0v) is 14.8. The number of thiophene rings is 1. The summed E-state index contributed by atoms with van der Waals surface area (Å²) in [5, 5.41) is 9.88. The van der Waals surface area contributed by atoms with E-state index in [9.17, 15) is 0 Å². The number of rotatable bonds is 7. The normalized spacial score (nSPS) is 16.2. The standard InChI is InChI=1S/C15H22ClNO2S2/c1-3-19-8-12-10-5-4-9(11(17)6-7-18)14(16)13(10)15(20-2)21-12/h11,18H,3-8,17H2,1-2H3. The second-order valence-corrected chi connectivity index (χ2v) is 7.52. The molecule has 3 nitrogen and oxygen atoms in total. The van der Waals surface area contributed by atoms with Gasteiger partial charge in [-0.05, 0) is 43.6 Å². The van der Waals surface area contributed by atoms with Gasteiger partial charge in [-0.3, -0.25) is 0 Å². The molecule has 0 fully saturated rings. The van der Waals surface area contributed by atoms with E-state index in [1.54, 1.807) is 23.1 Å². The first-order valence-electron chi connectivity index (χ1n) is 7.15. The van der Waals surface area contributed by atoms with E-state index < -0.39 is 0 Å². The number of aliphatic hydroxyl groups is 1. The first kappa shape index (κ1) is 17.3. The molecule has 0 saturated heterocycles. The van der Waals surface area contributed by atoms with Gasteiger partial charge in [0.25, 0.3) is 0 Å². The van der Waals surface area contributed by atoms with Crippen molar-refractivity contribution in [1.82, 2.24) is 0 Å². The van der Waals surface area contributed by atoms with Crippen molar-refractivity contribution in [2.24, 2.45) is 5.73 Å². The second kappa shape index (κ2) is 7.99. The van der Waals surface area contributed by atoms with Crippen molar-refractivity contribution in [1.29, 1.82) is 0 Å². The second-order valence-electron chi connectivity index (χ2n) is 4.97. The zero-order chi connectivity index (χ0) is 15.4. The van der Waals surface area contributed by atoms with Crippen molar-refractivity contribution in [2.45, 2.75) is 43.0 Å². The third-order valence-corrected chi connectivity index (χ3v) is 6.47. The van der Waals surface area contributed by atoms with Crippen LogP contribution < -0.4 is 5.73 Å². The van der Waals surface area contributed by atoms with Gasteiger partial charge in [0.05, 0.1) is 15.8 Å². The van der Waals surface area contributed by atoms with E-state index in [2.05, 4.69) is 6.26 Å². The molecule has 1 aromatic heterocycles. The van der Waals surface area contributed by atoms with Gasteiger partial charge < -0.3 is 15.6 Å². The van der Waals surface area contributed by atoms with E-state index in [0.717, 1.165) is 35.6 Å². The van der Waals surface area contributed by atoms with Crippen LogP contribution in [0.25, 0.3) is 5.03 Å². The van der Waals surface area contributed by atoms with Crippen LogP contribution in [0.1, 0.15) is 35.8 Å². The molecular weight excluding hydrogens is 326 g/mol. The average Bonchev–Trinajstić information content (AvgIpc) is 2.84. The molecule has 6 heteroatoms. The van der Waals surface area contributed by atoms with Crippen LogP contribution in [0.4, 0.5) is 0 Å². The van der Waals surface area contributed by atoms with Crippen molar-refractivity contribution in [3.63, 3.8) is 0 Å². The maximum atomic E-state index is 9.09. The lowest BCUT2D eigenvalue weighted by Crippen LogP contribution is -2.26. The van der Waals surface area contributed by atoms with Gasteiger partial charge in [0.15, 0.2) is 0 Å².